The fraction of sp³-hybridized carbons (Fsp3) is 0.316. The molecule has 0 radical (unpaired) electrons. The number of amides is 1. The Morgan fingerprint density at radius 2 is 1.62 bits per heavy atom. The molecule has 0 fully saturated rings. The van der Waals surface area contributed by atoms with E-state index in [1.807, 2.05) is 0 Å². The molecule has 0 saturated heterocycles. The topological polar surface area (TPSA) is 47.6 Å². The molecule has 0 aliphatic carbocycles. The monoisotopic (exact) mass is 367 g/mol. The van der Waals surface area contributed by atoms with Gasteiger partial charge in [0.2, 0.25) is 5.91 Å². The number of carbonyl (C=O) groups is 1. The normalized spacial score (nSPS) is 10.6. The van der Waals surface area contributed by atoms with Gasteiger partial charge in [-0.25, -0.2) is 4.39 Å². The number of unbranched alkanes of at least 4 members (excludes halogenated alkanes) is 1. The second-order valence-corrected chi connectivity index (χ2v) is 5.56. The van der Waals surface area contributed by atoms with Crippen molar-refractivity contribution in [2.45, 2.75) is 25.9 Å². The minimum Gasteiger partial charge on any atom is -0.494 e. The number of hydrogen-bond acceptors (Lipinski definition) is 3. The Hall–Kier alpha value is -2.70. The van der Waals surface area contributed by atoms with Crippen molar-refractivity contribution >= 4 is 5.91 Å². The second-order valence-electron chi connectivity index (χ2n) is 5.56. The standard InChI is InChI=1S/C19H20F3NO3/c20-15-5-9-16(10-6-15)25-12-2-1-11-23-18(24)13-14-3-7-17(8-4-14)26-19(21)22/h3-10,19H,1-2,11-13H2,(H,23,24). The number of alkyl halides is 2. The van der Waals surface area contributed by atoms with E-state index in [1.165, 1.54) is 24.3 Å². The first-order chi connectivity index (χ1) is 12.5. The predicted octanol–water partition coefficient (Wildman–Crippen LogP) is 3.95. The number of nitrogens with one attached hydrogen (secondary N) is 1. The zero-order valence-corrected chi connectivity index (χ0v) is 14.1. The number of benzene rings is 2. The van der Waals surface area contributed by atoms with Crippen LogP contribution < -0.4 is 14.8 Å². The Morgan fingerprint density at radius 3 is 2.27 bits per heavy atom. The second kappa shape index (κ2) is 10.3. The smallest absolute Gasteiger partial charge is 0.387 e. The molecule has 4 nitrogen and oxygen atoms in total. The number of halogens is 3. The Morgan fingerprint density at radius 1 is 0.962 bits per heavy atom. The molecule has 1 N–H and O–H groups in total. The van der Waals surface area contributed by atoms with Crippen LogP contribution in [-0.4, -0.2) is 25.7 Å². The van der Waals surface area contributed by atoms with Crippen LogP contribution >= 0.6 is 0 Å². The van der Waals surface area contributed by atoms with E-state index in [9.17, 15) is 18.0 Å². The van der Waals surface area contributed by atoms with Crippen molar-refractivity contribution in [1.29, 1.82) is 0 Å². The summed E-state index contributed by atoms with van der Waals surface area (Å²) in [5.41, 5.74) is 0.712. The number of rotatable bonds is 10. The van der Waals surface area contributed by atoms with E-state index in [-0.39, 0.29) is 23.9 Å². The highest BCUT2D eigenvalue weighted by Crippen LogP contribution is 2.15. The van der Waals surface area contributed by atoms with Crippen LogP contribution in [0.4, 0.5) is 13.2 Å². The van der Waals surface area contributed by atoms with E-state index in [0.717, 1.165) is 12.8 Å². The predicted molar refractivity (Wildman–Crippen MR) is 90.9 cm³/mol. The van der Waals surface area contributed by atoms with Crippen LogP contribution in [-0.2, 0) is 11.2 Å². The number of ether oxygens (including phenoxy) is 2. The fourth-order valence-electron chi connectivity index (χ4n) is 2.21. The maximum atomic E-state index is 12.7. The molecule has 1 amide bonds. The first-order valence-electron chi connectivity index (χ1n) is 8.22. The molecular formula is C19H20F3NO3. The molecule has 2 aromatic rings. The molecule has 140 valence electrons. The van der Waals surface area contributed by atoms with Gasteiger partial charge in [-0.3, -0.25) is 4.79 Å². The summed E-state index contributed by atoms with van der Waals surface area (Å²) in [6, 6.07) is 11.8. The molecule has 0 saturated carbocycles. The van der Waals surface area contributed by atoms with Gasteiger partial charge in [0.1, 0.15) is 17.3 Å². The molecule has 0 aliphatic rings. The lowest BCUT2D eigenvalue weighted by atomic mass is 10.1. The van der Waals surface area contributed by atoms with Gasteiger partial charge in [-0.2, -0.15) is 8.78 Å². The van der Waals surface area contributed by atoms with Gasteiger partial charge in [-0.1, -0.05) is 12.1 Å². The minimum atomic E-state index is -2.86. The summed E-state index contributed by atoms with van der Waals surface area (Å²) >= 11 is 0. The average molecular weight is 367 g/mol. The van der Waals surface area contributed by atoms with E-state index in [4.69, 9.17) is 4.74 Å². The van der Waals surface area contributed by atoms with Gasteiger partial charge in [-0.05, 0) is 54.8 Å². The number of carbonyl (C=O) groups excluding carboxylic acids is 1. The Labute approximate surface area is 149 Å². The van der Waals surface area contributed by atoms with Crippen LogP contribution in [0.15, 0.2) is 48.5 Å². The fourth-order valence-corrected chi connectivity index (χ4v) is 2.21. The van der Waals surface area contributed by atoms with Crippen molar-refractivity contribution in [3.05, 3.63) is 59.9 Å². The highest BCUT2D eigenvalue weighted by molar-refractivity contribution is 5.78. The lowest BCUT2D eigenvalue weighted by Crippen LogP contribution is -2.26. The SMILES string of the molecule is O=C(Cc1ccc(OC(F)F)cc1)NCCCCOc1ccc(F)cc1. The molecule has 0 atom stereocenters. The van der Waals surface area contributed by atoms with Crippen LogP contribution in [0, 0.1) is 5.82 Å². The molecule has 0 aromatic heterocycles. The third kappa shape index (κ3) is 7.46. The van der Waals surface area contributed by atoms with Gasteiger partial charge in [0.25, 0.3) is 0 Å². The van der Waals surface area contributed by atoms with Crippen LogP contribution in [0.3, 0.4) is 0 Å². The molecule has 0 unspecified atom stereocenters. The quantitative estimate of drug-likeness (QED) is 0.647. The first kappa shape index (κ1) is 19.6. The van der Waals surface area contributed by atoms with Crippen LogP contribution in [0.1, 0.15) is 18.4 Å². The zero-order valence-electron chi connectivity index (χ0n) is 14.1. The van der Waals surface area contributed by atoms with Gasteiger partial charge >= 0.3 is 6.61 Å². The Kier molecular flexibility index (Phi) is 7.79. The molecule has 2 aromatic carbocycles. The average Bonchev–Trinajstić information content (AvgIpc) is 2.61. The summed E-state index contributed by atoms with van der Waals surface area (Å²) in [4.78, 5) is 11.8. The van der Waals surface area contributed by atoms with E-state index >= 15 is 0 Å². The maximum absolute atomic E-state index is 12.7. The van der Waals surface area contributed by atoms with Gasteiger partial charge in [-0.15, -0.1) is 0 Å². The van der Waals surface area contributed by atoms with Gasteiger partial charge < -0.3 is 14.8 Å². The molecule has 0 spiro atoms. The third-order valence-corrected chi connectivity index (χ3v) is 3.49. The van der Waals surface area contributed by atoms with Crippen molar-refractivity contribution in [2.24, 2.45) is 0 Å². The summed E-state index contributed by atoms with van der Waals surface area (Å²) in [5.74, 6) is 0.211. The van der Waals surface area contributed by atoms with Crippen molar-refractivity contribution in [1.82, 2.24) is 5.32 Å². The van der Waals surface area contributed by atoms with E-state index in [1.54, 1.807) is 24.3 Å². The van der Waals surface area contributed by atoms with E-state index < -0.39 is 6.61 Å². The first-order valence-corrected chi connectivity index (χ1v) is 8.22. The van der Waals surface area contributed by atoms with E-state index in [0.29, 0.717) is 24.5 Å². The molecule has 26 heavy (non-hydrogen) atoms. The van der Waals surface area contributed by atoms with Gasteiger partial charge in [0.15, 0.2) is 0 Å². The molecule has 0 aliphatic heterocycles. The van der Waals surface area contributed by atoms with Crippen molar-refractivity contribution < 1.29 is 27.4 Å². The van der Waals surface area contributed by atoms with Crippen molar-refractivity contribution in [3.8, 4) is 11.5 Å². The van der Waals surface area contributed by atoms with Crippen molar-refractivity contribution in [3.63, 3.8) is 0 Å². The Balaban J connectivity index is 1.57. The summed E-state index contributed by atoms with van der Waals surface area (Å²) in [6.45, 7) is -1.87. The molecular weight excluding hydrogens is 347 g/mol. The minimum absolute atomic E-state index is 0.0605. The lowest BCUT2D eigenvalue weighted by Gasteiger charge is -2.08. The summed E-state index contributed by atoms with van der Waals surface area (Å²) in [5, 5.41) is 2.79. The highest BCUT2D eigenvalue weighted by Gasteiger charge is 2.06. The van der Waals surface area contributed by atoms with Crippen molar-refractivity contribution in [2.75, 3.05) is 13.2 Å². The molecule has 7 heteroatoms. The molecule has 2 rings (SSSR count). The molecule has 0 heterocycles. The third-order valence-electron chi connectivity index (χ3n) is 3.49. The largest absolute Gasteiger partial charge is 0.494 e. The number of hydrogen-bond donors (Lipinski definition) is 1. The van der Waals surface area contributed by atoms with Gasteiger partial charge in [0.05, 0.1) is 13.0 Å². The summed E-state index contributed by atoms with van der Waals surface area (Å²) in [7, 11) is 0. The Bertz CT molecular complexity index is 675. The molecule has 0 bridgehead atoms. The summed E-state index contributed by atoms with van der Waals surface area (Å²) in [6.07, 6.45) is 1.66. The maximum Gasteiger partial charge on any atom is 0.387 e. The lowest BCUT2D eigenvalue weighted by molar-refractivity contribution is -0.120. The van der Waals surface area contributed by atoms with Crippen LogP contribution in [0.2, 0.25) is 0 Å². The van der Waals surface area contributed by atoms with Crippen LogP contribution in [0.25, 0.3) is 0 Å². The highest BCUT2D eigenvalue weighted by atomic mass is 19.3. The van der Waals surface area contributed by atoms with Crippen LogP contribution in [0.5, 0.6) is 11.5 Å². The zero-order chi connectivity index (χ0) is 18.8. The van der Waals surface area contributed by atoms with E-state index in [2.05, 4.69) is 10.1 Å². The summed E-state index contributed by atoms with van der Waals surface area (Å²) < 4.78 is 46.6. The van der Waals surface area contributed by atoms with Gasteiger partial charge in [0, 0.05) is 6.54 Å².